The number of Topliss-reactive ketones (excluding diaryl/α,β-unsaturated/α-hetero) is 1. The molecule has 1 unspecified atom stereocenters. The van der Waals surface area contributed by atoms with Crippen molar-refractivity contribution < 1.29 is 9.53 Å². The Morgan fingerprint density at radius 2 is 2.00 bits per heavy atom. The first-order valence-corrected chi connectivity index (χ1v) is 9.41. The van der Waals surface area contributed by atoms with Crippen molar-refractivity contribution in [2.75, 3.05) is 27.2 Å². The number of ketones is 1. The molecule has 1 atom stereocenters. The molecule has 0 bridgehead atoms. The lowest BCUT2D eigenvalue weighted by molar-refractivity contribution is -0.121. The van der Waals surface area contributed by atoms with Crippen molar-refractivity contribution in [2.45, 2.75) is 25.2 Å². The fourth-order valence-corrected chi connectivity index (χ4v) is 3.98. The first kappa shape index (κ1) is 18.9. The summed E-state index contributed by atoms with van der Waals surface area (Å²) in [6.45, 7) is 2.03. The number of rotatable bonds is 6. The van der Waals surface area contributed by atoms with Gasteiger partial charge in [-0.2, -0.15) is 0 Å². The highest BCUT2D eigenvalue weighted by Gasteiger charge is 2.33. The SMILES string of the molecule is COc1ccc(CC(=O)C(c2ccccc2Cl)C2CCN(C)CC2)cn1. The van der Waals surface area contributed by atoms with Crippen LogP contribution in [0.3, 0.4) is 0 Å². The van der Waals surface area contributed by atoms with Crippen LogP contribution in [0.5, 0.6) is 5.88 Å². The van der Waals surface area contributed by atoms with Gasteiger partial charge in [0.25, 0.3) is 0 Å². The number of hydrogen-bond acceptors (Lipinski definition) is 4. The Labute approximate surface area is 160 Å². The van der Waals surface area contributed by atoms with E-state index in [9.17, 15) is 4.79 Å². The molecule has 1 aromatic heterocycles. The number of methoxy groups -OCH3 is 1. The molecular formula is C21H25ClN2O2. The third-order valence-electron chi connectivity index (χ3n) is 5.21. The van der Waals surface area contributed by atoms with Crippen molar-refractivity contribution in [3.63, 3.8) is 0 Å². The van der Waals surface area contributed by atoms with E-state index in [0.717, 1.165) is 37.1 Å². The summed E-state index contributed by atoms with van der Waals surface area (Å²) in [5.74, 6) is 0.920. The second kappa shape index (κ2) is 8.65. The van der Waals surface area contributed by atoms with E-state index in [4.69, 9.17) is 16.3 Å². The van der Waals surface area contributed by atoms with Crippen LogP contribution < -0.4 is 4.74 Å². The molecule has 1 aliphatic heterocycles. The summed E-state index contributed by atoms with van der Waals surface area (Å²) < 4.78 is 5.09. The number of halogens is 1. The second-order valence-corrected chi connectivity index (χ2v) is 7.40. The monoisotopic (exact) mass is 372 g/mol. The van der Waals surface area contributed by atoms with Crippen LogP contribution in [0, 0.1) is 5.92 Å². The molecule has 5 heteroatoms. The molecule has 0 N–H and O–H groups in total. The van der Waals surface area contributed by atoms with Crippen LogP contribution in [0.25, 0.3) is 0 Å². The van der Waals surface area contributed by atoms with Crippen molar-refractivity contribution in [3.8, 4) is 5.88 Å². The Kier molecular flexibility index (Phi) is 6.28. The van der Waals surface area contributed by atoms with E-state index in [2.05, 4.69) is 16.9 Å². The minimum Gasteiger partial charge on any atom is -0.481 e. The molecule has 3 rings (SSSR count). The van der Waals surface area contributed by atoms with E-state index in [1.807, 2.05) is 30.3 Å². The smallest absolute Gasteiger partial charge is 0.212 e. The number of carbonyl (C=O) groups is 1. The van der Waals surface area contributed by atoms with Gasteiger partial charge in [-0.05, 0) is 56.1 Å². The summed E-state index contributed by atoms with van der Waals surface area (Å²) in [6, 6.07) is 11.4. The van der Waals surface area contributed by atoms with Gasteiger partial charge < -0.3 is 9.64 Å². The van der Waals surface area contributed by atoms with Gasteiger partial charge in [0.1, 0.15) is 5.78 Å². The Morgan fingerprint density at radius 1 is 1.27 bits per heavy atom. The Bertz CT molecular complexity index is 740. The van der Waals surface area contributed by atoms with Crippen molar-refractivity contribution in [3.05, 3.63) is 58.7 Å². The molecule has 1 fully saturated rings. The molecule has 2 heterocycles. The number of nitrogens with zero attached hydrogens (tertiary/aromatic N) is 2. The predicted molar refractivity (Wildman–Crippen MR) is 104 cm³/mol. The van der Waals surface area contributed by atoms with Crippen LogP contribution in [0.1, 0.15) is 29.9 Å². The van der Waals surface area contributed by atoms with Gasteiger partial charge in [-0.25, -0.2) is 4.98 Å². The van der Waals surface area contributed by atoms with E-state index in [1.165, 1.54) is 0 Å². The van der Waals surface area contributed by atoms with E-state index in [0.29, 0.717) is 23.2 Å². The average Bonchev–Trinajstić information content (AvgIpc) is 2.66. The molecule has 1 saturated heterocycles. The van der Waals surface area contributed by atoms with Gasteiger partial charge in [-0.3, -0.25) is 4.79 Å². The number of likely N-dealkylation sites (tertiary alicyclic amines) is 1. The number of hydrogen-bond donors (Lipinski definition) is 0. The number of ether oxygens (including phenoxy) is 1. The van der Waals surface area contributed by atoms with Crippen LogP contribution in [-0.2, 0) is 11.2 Å². The number of benzene rings is 1. The molecule has 0 spiro atoms. The summed E-state index contributed by atoms with van der Waals surface area (Å²) in [7, 11) is 3.71. The lowest BCUT2D eigenvalue weighted by Crippen LogP contribution is -2.35. The fraction of sp³-hybridized carbons (Fsp3) is 0.429. The fourth-order valence-electron chi connectivity index (χ4n) is 3.73. The van der Waals surface area contributed by atoms with E-state index >= 15 is 0 Å². The number of piperidine rings is 1. The van der Waals surface area contributed by atoms with Crippen molar-refractivity contribution >= 4 is 17.4 Å². The zero-order valence-corrected chi connectivity index (χ0v) is 16.1. The molecule has 2 aromatic rings. The van der Waals surface area contributed by atoms with Crippen molar-refractivity contribution in [1.82, 2.24) is 9.88 Å². The summed E-state index contributed by atoms with van der Waals surface area (Å²) in [5.41, 5.74) is 1.86. The van der Waals surface area contributed by atoms with Gasteiger partial charge >= 0.3 is 0 Å². The van der Waals surface area contributed by atoms with Gasteiger partial charge in [-0.15, -0.1) is 0 Å². The maximum atomic E-state index is 13.3. The van der Waals surface area contributed by atoms with Gasteiger partial charge in [0, 0.05) is 29.6 Å². The maximum Gasteiger partial charge on any atom is 0.212 e. The Morgan fingerprint density at radius 3 is 2.62 bits per heavy atom. The van der Waals surface area contributed by atoms with Crippen LogP contribution in [0.4, 0.5) is 0 Å². The Hall–Kier alpha value is -1.91. The number of aromatic nitrogens is 1. The lowest BCUT2D eigenvalue weighted by atomic mass is 9.76. The predicted octanol–water partition coefficient (Wildman–Crippen LogP) is 3.98. The summed E-state index contributed by atoms with van der Waals surface area (Å²) >= 11 is 6.46. The molecule has 1 aromatic carbocycles. The first-order valence-electron chi connectivity index (χ1n) is 9.03. The van der Waals surface area contributed by atoms with Crippen LogP contribution in [0.2, 0.25) is 5.02 Å². The quantitative estimate of drug-likeness (QED) is 0.769. The van der Waals surface area contributed by atoms with Gasteiger partial charge in [0.15, 0.2) is 0 Å². The minimum atomic E-state index is -0.167. The molecule has 138 valence electrons. The zero-order chi connectivity index (χ0) is 18.5. The van der Waals surface area contributed by atoms with Crippen LogP contribution in [0.15, 0.2) is 42.6 Å². The molecular weight excluding hydrogens is 348 g/mol. The van der Waals surface area contributed by atoms with Crippen LogP contribution >= 0.6 is 11.6 Å². The molecule has 0 saturated carbocycles. The topological polar surface area (TPSA) is 42.4 Å². The molecule has 1 aliphatic rings. The zero-order valence-electron chi connectivity index (χ0n) is 15.3. The molecule has 4 nitrogen and oxygen atoms in total. The average molecular weight is 373 g/mol. The highest BCUT2D eigenvalue weighted by Crippen LogP contribution is 2.37. The third kappa shape index (κ3) is 4.43. The maximum absolute atomic E-state index is 13.3. The lowest BCUT2D eigenvalue weighted by Gasteiger charge is -2.34. The summed E-state index contributed by atoms with van der Waals surface area (Å²) in [6.07, 6.45) is 4.10. The molecule has 0 amide bonds. The summed E-state index contributed by atoms with van der Waals surface area (Å²) in [5, 5.41) is 0.678. The van der Waals surface area contributed by atoms with Crippen molar-refractivity contribution in [1.29, 1.82) is 0 Å². The van der Waals surface area contributed by atoms with Crippen molar-refractivity contribution in [2.24, 2.45) is 5.92 Å². The first-order chi connectivity index (χ1) is 12.6. The molecule has 0 radical (unpaired) electrons. The second-order valence-electron chi connectivity index (χ2n) is 6.99. The van der Waals surface area contributed by atoms with E-state index < -0.39 is 0 Å². The molecule has 26 heavy (non-hydrogen) atoms. The standard InChI is InChI=1S/C21H25ClN2O2/c1-24-11-9-16(10-12-24)21(17-5-3-4-6-18(17)22)19(25)13-15-7-8-20(26-2)23-14-15/h3-8,14,16,21H,9-13H2,1-2H3. The van der Waals surface area contributed by atoms with Gasteiger partial charge in [0.2, 0.25) is 5.88 Å². The van der Waals surface area contributed by atoms with Gasteiger partial charge in [-0.1, -0.05) is 35.9 Å². The number of carbonyl (C=O) groups excluding carboxylic acids is 1. The minimum absolute atomic E-state index is 0.167. The van der Waals surface area contributed by atoms with Crippen LogP contribution in [-0.4, -0.2) is 42.9 Å². The van der Waals surface area contributed by atoms with E-state index in [-0.39, 0.29) is 11.7 Å². The molecule has 0 aliphatic carbocycles. The third-order valence-corrected chi connectivity index (χ3v) is 5.55. The number of pyridine rings is 1. The highest BCUT2D eigenvalue weighted by molar-refractivity contribution is 6.31. The van der Waals surface area contributed by atoms with E-state index in [1.54, 1.807) is 19.4 Å². The summed E-state index contributed by atoms with van der Waals surface area (Å²) in [4.78, 5) is 19.8. The Balaban J connectivity index is 1.84. The largest absolute Gasteiger partial charge is 0.481 e. The highest BCUT2D eigenvalue weighted by atomic mass is 35.5. The van der Waals surface area contributed by atoms with Gasteiger partial charge in [0.05, 0.1) is 7.11 Å². The normalized spacial score (nSPS) is 17.0.